The summed E-state index contributed by atoms with van der Waals surface area (Å²) >= 11 is 12.0. The summed E-state index contributed by atoms with van der Waals surface area (Å²) in [5, 5.41) is 12.1. The molecule has 2 saturated carbocycles. The van der Waals surface area contributed by atoms with Crippen LogP contribution in [0.5, 0.6) is 0 Å². The number of sulfone groups is 1. The van der Waals surface area contributed by atoms with Crippen LogP contribution in [-0.2, 0) is 24.8 Å². The van der Waals surface area contributed by atoms with Gasteiger partial charge < -0.3 is 5.32 Å². The van der Waals surface area contributed by atoms with E-state index < -0.39 is 49.7 Å². The first-order valence-electron chi connectivity index (χ1n) is 11.5. The topological polar surface area (TPSA) is 107 Å². The van der Waals surface area contributed by atoms with Crippen LogP contribution in [0, 0.1) is 17.1 Å². The van der Waals surface area contributed by atoms with Crippen molar-refractivity contribution in [1.82, 2.24) is 10.2 Å². The zero-order valence-electron chi connectivity index (χ0n) is 19.0. The van der Waals surface area contributed by atoms with Gasteiger partial charge >= 0.3 is 0 Å². The minimum absolute atomic E-state index is 0.0114. The molecule has 0 bridgehead atoms. The van der Waals surface area contributed by atoms with Gasteiger partial charge in [0, 0.05) is 17.1 Å². The summed E-state index contributed by atoms with van der Waals surface area (Å²) in [5.41, 5.74) is -2.42. The van der Waals surface area contributed by atoms with Crippen molar-refractivity contribution in [3.05, 3.63) is 63.9 Å². The van der Waals surface area contributed by atoms with Crippen LogP contribution in [-0.4, -0.2) is 48.5 Å². The smallest absolute Gasteiger partial charge is 0.247 e. The summed E-state index contributed by atoms with van der Waals surface area (Å²) in [5.74, 6) is -1.95. The van der Waals surface area contributed by atoms with Gasteiger partial charge in [-0.3, -0.25) is 14.5 Å². The molecule has 7 nitrogen and oxygen atoms in total. The van der Waals surface area contributed by atoms with Crippen molar-refractivity contribution in [3.8, 4) is 6.07 Å². The van der Waals surface area contributed by atoms with Crippen LogP contribution in [0.2, 0.25) is 10.0 Å². The van der Waals surface area contributed by atoms with Gasteiger partial charge in [0.15, 0.2) is 9.84 Å². The maximum absolute atomic E-state index is 14.8. The van der Waals surface area contributed by atoms with E-state index in [2.05, 4.69) is 11.4 Å². The second-order valence-corrected chi connectivity index (χ2v) is 12.7. The molecule has 0 aromatic heterocycles. The summed E-state index contributed by atoms with van der Waals surface area (Å²) in [6.07, 6.45) is 1.21. The van der Waals surface area contributed by atoms with Crippen molar-refractivity contribution >= 4 is 44.9 Å². The number of carbonyl (C=O) groups is 2. The van der Waals surface area contributed by atoms with Crippen LogP contribution in [0.3, 0.4) is 0 Å². The van der Waals surface area contributed by atoms with Gasteiger partial charge in [-0.05, 0) is 56.4 Å². The highest BCUT2D eigenvalue weighted by Gasteiger charge is 2.63. The maximum atomic E-state index is 14.8. The van der Waals surface area contributed by atoms with Crippen molar-refractivity contribution in [2.45, 2.75) is 59.2 Å². The highest BCUT2D eigenvalue weighted by atomic mass is 35.5. The van der Waals surface area contributed by atoms with E-state index in [0.717, 1.165) is 11.0 Å². The number of imide groups is 1. The van der Waals surface area contributed by atoms with Crippen molar-refractivity contribution in [2.75, 3.05) is 6.54 Å². The highest BCUT2D eigenvalue weighted by Crippen LogP contribution is 2.54. The molecule has 5 rings (SSSR count). The molecule has 3 aliphatic rings. The van der Waals surface area contributed by atoms with Gasteiger partial charge in [-0.1, -0.05) is 41.4 Å². The zero-order valence-corrected chi connectivity index (χ0v) is 21.3. The average Bonchev–Trinajstić information content (AvgIpc) is 3.76. The van der Waals surface area contributed by atoms with Gasteiger partial charge in [0.2, 0.25) is 11.8 Å². The van der Waals surface area contributed by atoms with Gasteiger partial charge in [-0.25, -0.2) is 12.8 Å². The summed E-state index contributed by atoms with van der Waals surface area (Å²) in [4.78, 5) is 28.5. The van der Waals surface area contributed by atoms with Crippen LogP contribution < -0.4 is 5.32 Å². The third-order valence-electron chi connectivity index (χ3n) is 7.36. The number of rotatable bonds is 6. The lowest BCUT2D eigenvalue weighted by Gasteiger charge is -2.32. The molecule has 0 spiro atoms. The van der Waals surface area contributed by atoms with Gasteiger partial charge in [0.25, 0.3) is 0 Å². The number of nitrogens with zero attached hydrogens (tertiary/aromatic N) is 2. The molecule has 2 aromatic carbocycles. The van der Waals surface area contributed by atoms with Gasteiger partial charge in [-0.15, -0.1) is 0 Å². The van der Waals surface area contributed by atoms with E-state index in [0.29, 0.717) is 25.7 Å². The molecule has 1 heterocycles. The molecule has 3 fully saturated rings. The molecule has 2 atom stereocenters. The fourth-order valence-electron chi connectivity index (χ4n) is 4.96. The fourth-order valence-corrected chi connectivity index (χ4v) is 7.31. The Labute approximate surface area is 218 Å². The first kappa shape index (κ1) is 25.2. The Morgan fingerprint density at radius 1 is 1.11 bits per heavy atom. The Bertz CT molecular complexity index is 1420. The number of hydrogen-bond acceptors (Lipinski definition) is 6. The molecule has 2 aromatic rings. The fraction of sp³-hybridized carbons (Fsp3) is 0.400. The first-order chi connectivity index (χ1) is 17.1. The lowest BCUT2D eigenvalue weighted by atomic mass is 9.92. The molecule has 2 amide bonds. The van der Waals surface area contributed by atoms with E-state index in [-0.39, 0.29) is 33.5 Å². The third kappa shape index (κ3) is 4.01. The zero-order chi connectivity index (χ0) is 25.9. The lowest BCUT2D eigenvalue weighted by molar-refractivity contribution is -0.150. The number of benzene rings is 2. The van der Waals surface area contributed by atoms with E-state index in [1.807, 2.05) is 0 Å². The van der Waals surface area contributed by atoms with E-state index >= 15 is 0 Å². The van der Waals surface area contributed by atoms with E-state index in [1.165, 1.54) is 24.3 Å². The number of carbonyl (C=O) groups excluding carboxylic acids is 2. The molecule has 2 aliphatic carbocycles. The number of amides is 2. The minimum Gasteiger partial charge on any atom is -0.304 e. The van der Waals surface area contributed by atoms with Crippen LogP contribution in [0.15, 0.2) is 47.4 Å². The van der Waals surface area contributed by atoms with Crippen molar-refractivity contribution in [3.63, 3.8) is 0 Å². The molecule has 36 heavy (non-hydrogen) atoms. The summed E-state index contributed by atoms with van der Waals surface area (Å²) < 4.78 is 41.2. The highest BCUT2D eigenvalue weighted by molar-refractivity contribution is 7.92. The Kier molecular flexibility index (Phi) is 6.15. The Hall–Kier alpha value is -2.51. The normalized spacial score (nSPS) is 23.5. The molecule has 0 unspecified atom stereocenters. The number of halogens is 3. The average molecular weight is 550 g/mol. The molecule has 1 aliphatic heterocycles. The number of nitrogens with one attached hydrogen (secondary N) is 1. The Morgan fingerprint density at radius 3 is 2.39 bits per heavy atom. The number of nitriles is 1. The second-order valence-electron chi connectivity index (χ2n) is 9.62. The van der Waals surface area contributed by atoms with Crippen molar-refractivity contribution in [2.24, 2.45) is 0 Å². The minimum atomic E-state index is -3.85. The SMILES string of the molecule is N#CC1(N(C(=O)[C@@H]2C[C@@H](S(=O)(=O)c3ccccc3Cl)CN2)C(=O)C2(c3ccc(Cl)cc3F)CC2)CC1. The Morgan fingerprint density at radius 2 is 1.81 bits per heavy atom. The molecule has 1 N–H and O–H groups in total. The van der Waals surface area contributed by atoms with Gasteiger partial charge in [0.05, 0.1) is 32.7 Å². The van der Waals surface area contributed by atoms with Crippen LogP contribution in [0.25, 0.3) is 0 Å². The number of hydrogen-bond donors (Lipinski definition) is 1. The van der Waals surface area contributed by atoms with Gasteiger partial charge in [-0.2, -0.15) is 5.26 Å². The van der Waals surface area contributed by atoms with E-state index in [4.69, 9.17) is 23.2 Å². The predicted octanol–water partition coefficient (Wildman–Crippen LogP) is 3.78. The molecular weight excluding hydrogens is 528 g/mol. The maximum Gasteiger partial charge on any atom is 0.247 e. The molecule has 11 heteroatoms. The second kappa shape index (κ2) is 8.80. The van der Waals surface area contributed by atoms with E-state index in [1.54, 1.807) is 12.1 Å². The summed E-state index contributed by atoms with van der Waals surface area (Å²) in [6, 6.07) is 11.2. The van der Waals surface area contributed by atoms with Crippen LogP contribution in [0.1, 0.15) is 37.7 Å². The first-order valence-corrected chi connectivity index (χ1v) is 13.8. The van der Waals surface area contributed by atoms with Crippen molar-refractivity contribution in [1.29, 1.82) is 5.26 Å². The standard InChI is InChI=1S/C25H22Cl2FN3O4S/c26-15-5-6-17(19(28)11-15)25(9-10-25)23(33)31(24(14-29)7-8-24)22(32)20-12-16(13-30-20)36(34,35)21-4-2-1-3-18(21)27/h1-6,11,16,20,30H,7-10,12-13H2/t16-,20+/m1/s1. The molecular formula is C25H22Cl2FN3O4S. The Balaban J connectivity index is 1.43. The van der Waals surface area contributed by atoms with Crippen molar-refractivity contribution < 1.29 is 22.4 Å². The molecule has 1 saturated heterocycles. The van der Waals surface area contributed by atoms with E-state index in [9.17, 15) is 27.7 Å². The monoisotopic (exact) mass is 549 g/mol. The summed E-state index contributed by atoms with van der Waals surface area (Å²) in [7, 11) is -3.85. The third-order valence-corrected chi connectivity index (χ3v) is 10.2. The molecule has 188 valence electrons. The van der Waals surface area contributed by atoms with Crippen LogP contribution >= 0.6 is 23.2 Å². The molecule has 0 radical (unpaired) electrons. The van der Waals surface area contributed by atoms with Crippen LogP contribution in [0.4, 0.5) is 4.39 Å². The van der Waals surface area contributed by atoms with Gasteiger partial charge in [0.1, 0.15) is 11.4 Å². The largest absolute Gasteiger partial charge is 0.304 e. The lowest BCUT2D eigenvalue weighted by Crippen LogP contribution is -2.55. The quantitative estimate of drug-likeness (QED) is 0.549. The predicted molar refractivity (Wildman–Crippen MR) is 131 cm³/mol. The summed E-state index contributed by atoms with van der Waals surface area (Å²) in [6.45, 7) is -0.0114.